The van der Waals surface area contributed by atoms with E-state index in [-0.39, 0.29) is 17.7 Å². The van der Waals surface area contributed by atoms with Crippen LogP contribution in [-0.4, -0.2) is 25.4 Å². The molecule has 154 valence electrons. The summed E-state index contributed by atoms with van der Waals surface area (Å²) in [7, 11) is 1.54. The van der Waals surface area contributed by atoms with Gasteiger partial charge in [0.25, 0.3) is 5.91 Å². The lowest BCUT2D eigenvalue weighted by molar-refractivity contribution is -0.274. The van der Waals surface area contributed by atoms with Gasteiger partial charge in [0, 0.05) is 17.2 Å². The number of hydrogen-bond donors (Lipinski definition) is 1. The number of halogens is 3. The first-order valence-corrected chi connectivity index (χ1v) is 9.37. The summed E-state index contributed by atoms with van der Waals surface area (Å²) < 4.78 is 45.9. The molecule has 1 fully saturated rings. The van der Waals surface area contributed by atoms with Crippen molar-refractivity contribution < 1.29 is 27.4 Å². The fraction of sp³-hybridized carbons (Fsp3) is 0.318. The highest BCUT2D eigenvalue weighted by Gasteiger charge is 2.30. The Bertz CT molecular complexity index is 870. The molecule has 2 aromatic carbocycles. The molecule has 0 saturated heterocycles. The van der Waals surface area contributed by atoms with Crippen molar-refractivity contribution >= 4 is 18.1 Å². The quantitative estimate of drug-likeness (QED) is 0.652. The average molecular weight is 405 g/mol. The molecule has 0 spiro atoms. The number of amides is 1. The Balaban J connectivity index is 1.73. The van der Waals surface area contributed by atoms with Crippen molar-refractivity contribution in [2.45, 2.75) is 38.1 Å². The zero-order valence-corrected chi connectivity index (χ0v) is 16.0. The van der Waals surface area contributed by atoms with E-state index in [1.807, 2.05) is 0 Å². The van der Waals surface area contributed by atoms with Crippen molar-refractivity contribution in [2.24, 2.45) is 0 Å². The Kier molecular flexibility index (Phi) is 6.46. The fourth-order valence-corrected chi connectivity index (χ4v) is 3.31. The van der Waals surface area contributed by atoms with Crippen LogP contribution in [0.3, 0.4) is 0 Å². The van der Waals surface area contributed by atoms with E-state index in [0.717, 1.165) is 25.7 Å². The van der Waals surface area contributed by atoms with Crippen LogP contribution in [0.4, 0.5) is 13.2 Å². The van der Waals surface area contributed by atoms with E-state index in [1.165, 1.54) is 31.4 Å². The van der Waals surface area contributed by atoms with Crippen LogP contribution in [-0.2, 0) is 0 Å². The first kappa shape index (κ1) is 20.8. The molecule has 29 heavy (non-hydrogen) atoms. The molecule has 1 saturated carbocycles. The normalized spacial score (nSPS) is 14.9. The molecule has 0 unspecified atom stereocenters. The van der Waals surface area contributed by atoms with Gasteiger partial charge in [0.05, 0.1) is 7.11 Å². The van der Waals surface area contributed by atoms with Crippen LogP contribution in [0.5, 0.6) is 11.5 Å². The van der Waals surface area contributed by atoms with Crippen LogP contribution in [0.15, 0.2) is 42.5 Å². The number of carbonyl (C=O) groups is 1. The van der Waals surface area contributed by atoms with Gasteiger partial charge in [0.1, 0.15) is 11.5 Å². The van der Waals surface area contributed by atoms with Crippen LogP contribution in [0, 0.1) is 0 Å². The van der Waals surface area contributed by atoms with E-state index >= 15 is 0 Å². The predicted octanol–water partition coefficient (Wildman–Crippen LogP) is 5.44. The Labute approximate surface area is 167 Å². The van der Waals surface area contributed by atoms with E-state index < -0.39 is 6.36 Å². The van der Waals surface area contributed by atoms with Crippen LogP contribution < -0.4 is 14.8 Å². The van der Waals surface area contributed by atoms with E-state index in [2.05, 4.69) is 10.1 Å². The number of alkyl halides is 3. The van der Waals surface area contributed by atoms with E-state index in [9.17, 15) is 18.0 Å². The molecule has 1 aliphatic carbocycles. The van der Waals surface area contributed by atoms with Gasteiger partial charge in [-0.25, -0.2) is 0 Å². The van der Waals surface area contributed by atoms with Crippen molar-refractivity contribution in [1.82, 2.24) is 5.32 Å². The highest BCUT2D eigenvalue weighted by atomic mass is 19.4. The predicted molar refractivity (Wildman–Crippen MR) is 105 cm³/mol. The summed E-state index contributed by atoms with van der Waals surface area (Å²) in [5, 5.41) is 3.05. The lowest BCUT2D eigenvalue weighted by atomic mass is 10.1. The topological polar surface area (TPSA) is 47.6 Å². The zero-order chi connectivity index (χ0) is 20.9. The monoisotopic (exact) mass is 405 g/mol. The molecule has 3 rings (SSSR count). The third kappa shape index (κ3) is 6.01. The summed E-state index contributed by atoms with van der Waals surface area (Å²) in [6.07, 6.45) is 3.04. The summed E-state index contributed by atoms with van der Waals surface area (Å²) >= 11 is 0. The number of carbonyl (C=O) groups excluding carboxylic acids is 1. The molecule has 7 heteroatoms. The Morgan fingerprint density at radius 3 is 2.38 bits per heavy atom. The SMILES string of the molecule is COc1ccc(C(=O)NC2CCCC2)cc1C=Cc1ccc(OC(F)(F)F)cc1. The molecular formula is C22H22F3NO3. The molecule has 4 nitrogen and oxygen atoms in total. The van der Waals surface area contributed by atoms with Crippen LogP contribution in [0.2, 0.25) is 0 Å². The minimum Gasteiger partial charge on any atom is -0.496 e. The van der Waals surface area contributed by atoms with E-state index in [4.69, 9.17) is 4.74 Å². The minimum absolute atomic E-state index is 0.122. The molecule has 1 aliphatic rings. The summed E-state index contributed by atoms with van der Waals surface area (Å²) in [5.41, 5.74) is 1.91. The molecular weight excluding hydrogens is 383 g/mol. The van der Waals surface area contributed by atoms with Gasteiger partial charge in [-0.3, -0.25) is 4.79 Å². The minimum atomic E-state index is -4.72. The fourth-order valence-electron chi connectivity index (χ4n) is 3.31. The van der Waals surface area contributed by atoms with Gasteiger partial charge in [0.15, 0.2) is 0 Å². The smallest absolute Gasteiger partial charge is 0.496 e. The molecule has 1 N–H and O–H groups in total. The number of rotatable bonds is 6. The number of ether oxygens (including phenoxy) is 2. The Morgan fingerprint density at radius 1 is 1.07 bits per heavy atom. The van der Waals surface area contributed by atoms with Crippen molar-refractivity contribution in [3.05, 3.63) is 59.2 Å². The number of hydrogen-bond acceptors (Lipinski definition) is 3. The largest absolute Gasteiger partial charge is 0.573 e. The second kappa shape index (κ2) is 9.03. The van der Waals surface area contributed by atoms with Gasteiger partial charge in [-0.05, 0) is 48.7 Å². The summed E-state index contributed by atoms with van der Waals surface area (Å²) in [4.78, 5) is 12.5. The average Bonchev–Trinajstić information content (AvgIpc) is 3.19. The lowest BCUT2D eigenvalue weighted by Crippen LogP contribution is -2.32. The first-order chi connectivity index (χ1) is 13.8. The van der Waals surface area contributed by atoms with Crippen LogP contribution in [0.25, 0.3) is 12.2 Å². The standard InChI is InChI=1S/C22H22F3NO3/c1-28-20-13-10-17(21(27)26-18-4-2-3-5-18)14-16(20)9-6-15-7-11-19(12-8-15)29-22(23,24)25/h6-14,18H,2-5H2,1H3,(H,26,27). The summed E-state index contributed by atoms with van der Waals surface area (Å²) in [5.74, 6) is 0.191. The molecule has 1 amide bonds. The third-order valence-corrected chi connectivity index (χ3v) is 4.75. The molecule has 0 bridgehead atoms. The molecule has 0 atom stereocenters. The van der Waals surface area contributed by atoms with Gasteiger partial charge >= 0.3 is 6.36 Å². The molecule has 2 aromatic rings. The molecule has 0 aromatic heterocycles. The van der Waals surface area contributed by atoms with Gasteiger partial charge in [0.2, 0.25) is 0 Å². The summed E-state index contributed by atoms with van der Waals surface area (Å²) in [6, 6.07) is 10.9. The van der Waals surface area contributed by atoms with Crippen molar-refractivity contribution in [2.75, 3.05) is 7.11 Å². The van der Waals surface area contributed by atoms with Gasteiger partial charge in [-0.15, -0.1) is 13.2 Å². The van der Waals surface area contributed by atoms with Crippen LogP contribution in [0.1, 0.15) is 47.2 Å². The summed E-state index contributed by atoms with van der Waals surface area (Å²) in [6.45, 7) is 0. The van der Waals surface area contributed by atoms with Crippen molar-refractivity contribution in [3.8, 4) is 11.5 Å². The van der Waals surface area contributed by atoms with Gasteiger partial charge < -0.3 is 14.8 Å². The van der Waals surface area contributed by atoms with E-state index in [1.54, 1.807) is 30.4 Å². The van der Waals surface area contributed by atoms with E-state index in [0.29, 0.717) is 22.4 Å². The Morgan fingerprint density at radius 2 is 1.76 bits per heavy atom. The van der Waals surface area contributed by atoms with Gasteiger partial charge in [-0.1, -0.05) is 37.1 Å². The highest BCUT2D eigenvalue weighted by Crippen LogP contribution is 2.25. The van der Waals surface area contributed by atoms with Crippen molar-refractivity contribution in [3.63, 3.8) is 0 Å². The highest BCUT2D eigenvalue weighted by molar-refractivity contribution is 5.95. The second-order valence-electron chi connectivity index (χ2n) is 6.86. The van der Waals surface area contributed by atoms with Crippen LogP contribution >= 0.6 is 0 Å². The lowest BCUT2D eigenvalue weighted by Gasteiger charge is -2.13. The molecule has 0 radical (unpaired) electrons. The van der Waals surface area contributed by atoms with Gasteiger partial charge in [-0.2, -0.15) is 0 Å². The number of benzene rings is 2. The second-order valence-corrected chi connectivity index (χ2v) is 6.86. The number of methoxy groups -OCH3 is 1. The third-order valence-electron chi connectivity index (χ3n) is 4.75. The maximum atomic E-state index is 12.5. The van der Waals surface area contributed by atoms with Crippen molar-refractivity contribution in [1.29, 1.82) is 0 Å². The Hall–Kier alpha value is -2.96. The maximum absolute atomic E-state index is 12.5. The first-order valence-electron chi connectivity index (χ1n) is 9.37. The molecule has 0 aliphatic heterocycles. The maximum Gasteiger partial charge on any atom is 0.573 e. The number of nitrogens with one attached hydrogen (secondary N) is 1. The zero-order valence-electron chi connectivity index (χ0n) is 16.0. The molecule has 0 heterocycles.